The highest BCUT2D eigenvalue weighted by Gasteiger charge is 2.25. The molecule has 2 atom stereocenters. The quantitative estimate of drug-likeness (QED) is 0.868. The number of nitrogens with zero attached hydrogens (tertiary/aromatic N) is 1. The van der Waals surface area contributed by atoms with Crippen LogP contribution in [0.5, 0.6) is 5.75 Å². The second-order valence-corrected chi connectivity index (χ2v) is 5.86. The summed E-state index contributed by atoms with van der Waals surface area (Å²) in [5.41, 5.74) is 7.67. The van der Waals surface area contributed by atoms with Crippen molar-refractivity contribution < 1.29 is 4.74 Å². The van der Waals surface area contributed by atoms with E-state index in [1.807, 2.05) is 12.1 Å². The van der Waals surface area contributed by atoms with Gasteiger partial charge in [0.05, 0.1) is 13.7 Å². The number of likely N-dealkylation sites (tertiary alicyclic amines) is 1. The molecule has 0 spiro atoms. The summed E-state index contributed by atoms with van der Waals surface area (Å²) in [6.07, 6.45) is 2.61. The molecule has 1 aromatic carbocycles. The third-order valence-electron chi connectivity index (χ3n) is 4.49. The predicted molar refractivity (Wildman–Crippen MR) is 87.2 cm³/mol. The molecular weight excluding hydrogens is 260 g/mol. The van der Waals surface area contributed by atoms with Gasteiger partial charge in [-0.2, -0.15) is 0 Å². The molecule has 0 bridgehead atoms. The summed E-state index contributed by atoms with van der Waals surface area (Å²) in [5, 5.41) is 0. The van der Waals surface area contributed by atoms with E-state index in [2.05, 4.69) is 36.7 Å². The van der Waals surface area contributed by atoms with Crippen molar-refractivity contribution in [3.05, 3.63) is 29.3 Å². The Morgan fingerprint density at radius 1 is 1.38 bits per heavy atom. The molecule has 2 N–H and O–H groups in total. The number of benzene rings is 1. The van der Waals surface area contributed by atoms with Gasteiger partial charge in [-0.1, -0.05) is 18.8 Å². The zero-order valence-corrected chi connectivity index (χ0v) is 13.4. The summed E-state index contributed by atoms with van der Waals surface area (Å²) >= 11 is 0. The Balaban J connectivity index is 2.20. The number of rotatable bonds is 3. The Hall–Kier alpha value is -1.50. The smallest absolute Gasteiger partial charge is 0.123 e. The highest BCUT2D eigenvalue weighted by Crippen LogP contribution is 2.28. The lowest BCUT2D eigenvalue weighted by Gasteiger charge is -2.38. The third kappa shape index (κ3) is 4.00. The van der Waals surface area contributed by atoms with Gasteiger partial charge in [0.2, 0.25) is 0 Å². The topological polar surface area (TPSA) is 38.5 Å². The minimum absolute atomic E-state index is 0.391. The lowest BCUT2D eigenvalue weighted by Crippen LogP contribution is -2.41. The lowest BCUT2D eigenvalue weighted by atomic mass is 9.91. The molecule has 0 radical (unpaired) electrons. The number of methoxy groups -OCH3 is 1. The van der Waals surface area contributed by atoms with E-state index in [-0.39, 0.29) is 0 Å². The van der Waals surface area contributed by atoms with Crippen LogP contribution in [0.25, 0.3) is 0 Å². The fraction of sp³-hybridized carbons (Fsp3) is 0.556. The minimum atomic E-state index is 0.391. The Morgan fingerprint density at radius 3 is 2.90 bits per heavy atom. The molecule has 0 aromatic heterocycles. The maximum absolute atomic E-state index is 5.51. The van der Waals surface area contributed by atoms with E-state index < -0.39 is 0 Å². The number of hydrogen-bond acceptors (Lipinski definition) is 3. The highest BCUT2D eigenvalue weighted by atomic mass is 16.5. The van der Waals surface area contributed by atoms with Gasteiger partial charge in [0, 0.05) is 23.7 Å². The standard InChI is InChI=1S/C18H26N2O/c1-14-6-5-11-20(15(14)2)13-17-12-16(7-4-10-19)8-9-18(17)21-3/h8-9,12,14-15H,5-6,10-11,13,19H2,1-3H3. The van der Waals surface area contributed by atoms with Crippen LogP contribution in [0.2, 0.25) is 0 Å². The monoisotopic (exact) mass is 286 g/mol. The molecule has 2 rings (SSSR count). The first kappa shape index (κ1) is 15.9. The van der Waals surface area contributed by atoms with Crippen molar-refractivity contribution in [2.75, 3.05) is 20.2 Å². The van der Waals surface area contributed by atoms with Gasteiger partial charge in [0.25, 0.3) is 0 Å². The molecule has 114 valence electrons. The molecule has 0 aliphatic carbocycles. The molecule has 0 saturated carbocycles. The fourth-order valence-electron chi connectivity index (χ4n) is 3.00. The van der Waals surface area contributed by atoms with E-state index in [9.17, 15) is 0 Å². The summed E-state index contributed by atoms with van der Waals surface area (Å²) < 4.78 is 5.51. The SMILES string of the molecule is COc1ccc(C#CCN)cc1CN1CCCC(C)C1C. The van der Waals surface area contributed by atoms with E-state index >= 15 is 0 Å². The van der Waals surface area contributed by atoms with Crippen LogP contribution in [-0.4, -0.2) is 31.1 Å². The highest BCUT2D eigenvalue weighted by molar-refractivity contribution is 5.44. The van der Waals surface area contributed by atoms with Gasteiger partial charge in [0.1, 0.15) is 5.75 Å². The van der Waals surface area contributed by atoms with Gasteiger partial charge >= 0.3 is 0 Å². The van der Waals surface area contributed by atoms with Crippen LogP contribution >= 0.6 is 0 Å². The molecule has 3 nitrogen and oxygen atoms in total. The molecule has 1 fully saturated rings. The second kappa shape index (κ2) is 7.49. The van der Waals surface area contributed by atoms with Gasteiger partial charge in [-0.15, -0.1) is 0 Å². The summed E-state index contributed by atoms with van der Waals surface area (Å²) in [6, 6.07) is 6.75. The first-order chi connectivity index (χ1) is 10.2. The normalized spacial score (nSPS) is 22.5. The average molecular weight is 286 g/mol. The molecule has 21 heavy (non-hydrogen) atoms. The molecule has 0 amide bonds. The zero-order valence-electron chi connectivity index (χ0n) is 13.4. The third-order valence-corrected chi connectivity index (χ3v) is 4.49. The van der Waals surface area contributed by atoms with Crippen molar-refractivity contribution in [3.8, 4) is 17.6 Å². The van der Waals surface area contributed by atoms with Gasteiger partial charge < -0.3 is 10.5 Å². The van der Waals surface area contributed by atoms with Gasteiger partial charge in [0.15, 0.2) is 0 Å². The molecule has 1 heterocycles. The van der Waals surface area contributed by atoms with Crippen molar-refractivity contribution in [1.82, 2.24) is 4.90 Å². The van der Waals surface area contributed by atoms with E-state index in [0.29, 0.717) is 12.6 Å². The van der Waals surface area contributed by atoms with E-state index in [0.717, 1.165) is 30.3 Å². The molecule has 1 aliphatic heterocycles. The molecule has 3 heteroatoms. The van der Waals surface area contributed by atoms with Gasteiger partial charge in [-0.05, 0) is 50.4 Å². The molecule has 1 aliphatic rings. The largest absolute Gasteiger partial charge is 0.496 e. The van der Waals surface area contributed by atoms with Crippen LogP contribution in [0, 0.1) is 17.8 Å². The van der Waals surface area contributed by atoms with Crippen molar-refractivity contribution in [3.63, 3.8) is 0 Å². The Kier molecular flexibility index (Phi) is 5.67. The Morgan fingerprint density at radius 2 is 2.19 bits per heavy atom. The number of piperidine rings is 1. The Bertz CT molecular complexity index is 530. The maximum Gasteiger partial charge on any atom is 0.123 e. The first-order valence-electron chi connectivity index (χ1n) is 7.75. The maximum atomic E-state index is 5.51. The predicted octanol–water partition coefficient (Wildman–Crippen LogP) is 2.63. The van der Waals surface area contributed by atoms with Crippen molar-refractivity contribution >= 4 is 0 Å². The lowest BCUT2D eigenvalue weighted by molar-refractivity contribution is 0.105. The van der Waals surface area contributed by atoms with E-state index in [4.69, 9.17) is 10.5 Å². The molecule has 1 aromatic rings. The first-order valence-corrected chi connectivity index (χ1v) is 7.75. The number of hydrogen-bond donors (Lipinski definition) is 1. The van der Waals surface area contributed by atoms with Crippen molar-refractivity contribution in [2.24, 2.45) is 11.7 Å². The minimum Gasteiger partial charge on any atom is -0.496 e. The Labute approximate surface area is 128 Å². The molecule has 1 saturated heterocycles. The van der Waals surface area contributed by atoms with Crippen LogP contribution in [-0.2, 0) is 6.54 Å². The number of nitrogens with two attached hydrogens (primary N) is 1. The van der Waals surface area contributed by atoms with Crippen molar-refractivity contribution in [2.45, 2.75) is 39.3 Å². The summed E-state index contributed by atoms with van der Waals surface area (Å²) in [6.45, 7) is 7.15. The van der Waals surface area contributed by atoms with Gasteiger partial charge in [-0.3, -0.25) is 4.90 Å². The van der Waals surface area contributed by atoms with E-state index in [1.165, 1.54) is 18.4 Å². The molecule has 2 unspecified atom stereocenters. The fourth-order valence-corrected chi connectivity index (χ4v) is 3.00. The zero-order chi connectivity index (χ0) is 15.2. The average Bonchev–Trinajstić information content (AvgIpc) is 2.50. The van der Waals surface area contributed by atoms with Crippen molar-refractivity contribution in [1.29, 1.82) is 0 Å². The summed E-state index contributed by atoms with van der Waals surface area (Å²) in [4.78, 5) is 2.55. The van der Waals surface area contributed by atoms with Gasteiger partial charge in [-0.25, -0.2) is 0 Å². The van der Waals surface area contributed by atoms with Crippen LogP contribution in [0.3, 0.4) is 0 Å². The molecular formula is C18H26N2O. The van der Waals surface area contributed by atoms with Crippen LogP contribution in [0.15, 0.2) is 18.2 Å². The number of ether oxygens (including phenoxy) is 1. The summed E-state index contributed by atoms with van der Waals surface area (Å²) in [7, 11) is 1.73. The van der Waals surface area contributed by atoms with Crippen LogP contribution in [0.4, 0.5) is 0 Å². The van der Waals surface area contributed by atoms with Crippen LogP contribution < -0.4 is 10.5 Å². The van der Waals surface area contributed by atoms with Crippen LogP contribution in [0.1, 0.15) is 37.8 Å². The second-order valence-electron chi connectivity index (χ2n) is 5.86. The van der Waals surface area contributed by atoms with E-state index in [1.54, 1.807) is 7.11 Å². The summed E-state index contributed by atoms with van der Waals surface area (Å²) in [5.74, 6) is 7.71.